The minimum absolute atomic E-state index is 0.0544. The molecule has 0 unspecified atom stereocenters. The first-order valence-corrected chi connectivity index (χ1v) is 9.22. The van der Waals surface area contributed by atoms with Crippen molar-refractivity contribution in [2.75, 3.05) is 51.3 Å². The summed E-state index contributed by atoms with van der Waals surface area (Å²) in [6, 6.07) is 7.26. The van der Waals surface area contributed by atoms with E-state index in [4.69, 9.17) is 4.74 Å². The molecule has 2 amide bonds. The van der Waals surface area contributed by atoms with Gasteiger partial charge in [0, 0.05) is 37.4 Å². The van der Waals surface area contributed by atoms with Gasteiger partial charge in [-0.25, -0.2) is 0 Å². The highest BCUT2D eigenvalue weighted by molar-refractivity contribution is 5.97. The van der Waals surface area contributed by atoms with Crippen molar-refractivity contribution in [1.82, 2.24) is 9.80 Å². The highest BCUT2D eigenvalue weighted by Crippen LogP contribution is 2.16. The number of benzene rings is 1. The molecule has 136 valence electrons. The van der Waals surface area contributed by atoms with Crippen molar-refractivity contribution in [1.29, 1.82) is 0 Å². The number of ether oxygens (including phenoxy) is 1. The van der Waals surface area contributed by atoms with E-state index in [2.05, 4.69) is 10.2 Å². The van der Waals surface area contributed by atoms with Gasteiger partial charge in [0.25, 0.3) is 5.91 Å². The first kappa shape index (κ1) is 17.9. The maximum absolute atomic E-state index is 12.7. The molecule has 6 nitrogen and oxygen atoms in total. The molecule has 1 aromatic carbocycles. The number of nitrogens with one attached hydrogen (secondary N) is 1. The Morgan fingerprint density at radius 1 is 1.00 bits per heavy atom. The number of carbonyl (C=O) groups is 2. The van der Waals surface area contributed by atoms with Gasteiger partial charge in [-0.15, -0.1) is 0 Å². The van der Waals surface area contributed by atoms with Crippen LogP contribution in [-0.2, 0) is 9.53 Å². The standard InChI is InChI=1S/C19H27N3O3/c23-18(15-21-10-12-25-13-11-21)20-17-7-5-6-16(14-17)19(24)22-8-3-1-2-4-9-22/h5-7,14H,1-4,8-13,15H2,(H,20,23). The molecule has 25 heavy (non-hydrogen) atoms. The Balaban J connectivity index is 1.58. The molecular formula is C19H27N3O3. The number of rotatable bonds is 4. The normalized spacial score (nSPS) is 19.3. The molecular weight excluding hydrogens is 318 g/mol. The fourth-order valence-corrected chi connectivity index (χ4v) is 3.35. The van der Waals surface area contributed by atoms with Crippen LogP contribution in [-0.4, -0.2) is 67.6 Å². The van der Waals surface area contributed by atoms with Crippen molar-refractivity contribution >= 4 is 17.5 Å². The van der Waals surface area contributed by atoms with E-state index >= 15 is 0 Å². The molecule has 0 saturated carbocycles. The van der Waals surface area contributed by atoms with Gasteiger partial charge in [-0.3, -0.25) is 14.5 Å². The predicted octanol–water partition coefficient (Wildman–Crippen LogP) is 1.97. The molecule has 1 N–H and O–H groups in total. The molecule has 1 aromatic rings. The zero-order valence-electron chi connectivity index (χ0n) is 14.7. The Hall–Kier alpha value is -1.92. The molecule has 2 heterocycles. The second-order valence-electron chi connectivity index (χ2n) is 6.72. The van der Waals surface area contributed by atoms with E-state index in [1.165, 1.54) is 12.8 Å². The van der Waals surface area contributed by atoms with E-state index in [-0.39, 0.29) is 11.8 Å². The van der Waals surface area contributed by atoms with Gasteiger partial charge < -0.3 is 15.0 Å². The van der Waals surface area contributed by atoms with Gasteiger partial charge in [0.05, 0.1) is 19.8 Å². The number of carbonyl (C=O) groups excluding carboxylic acids is 2. The summed E-state index contributed by atoms with van der Waals surface area (Å²) in [4.78, 5) is 28.9. The van der Waals surface area contributed by atoms with E-state index in [0.717, 1.165) is 39.0 Å². The Kier molecular flexibility index (Phi) is 6.42. The van der Waals surface area contributed by atoms with Crippen molar-refractivity contribution in [2.24, 2.45) is 0 Å². The predicted molar refractivity (Wildman–Crippen MR) is 96.7 cm³/mol. The second-order valence-corrected chi connectivity index (χ2v) is 6.72. The van der Waals surface area contributed by atoms with E-state index in [1.54, 1.807) is 6.07 Å². The summed E-state index contributed by atoms with van der Waals surface area (Å²) >= 11 is 0. The molecule has 3 rings (SSSR count). The minimum Gasteiger partial charge on any atom is -0.379 e. The first-order valence-electron chi connectivity index (χ1n) is 9.22. The van der Waals surface area contributed by atoms with Gasteiger partial charge in [-0.05, 0) is 31.0 Å². The third-order valence-corrected chi connectivity index (χ3v) is 4.76. The van der Waals surface area contributed by atoms with Gasteiger partial charge in [-0.2, -0.15) is 0 Å². The Labute approximate surface area is 149 Å². The number of morpholine rings is 1. The summed E-state index contributed by atoms with van der Waals surface area (Å²) in [6.07, 6.45) is 4.53. The lowest BCUT2D eigenvalue weighted by Gasteiger charge is -2.25. The molecule has 6 heteroatoms. The lowest BCUT2D eigenvalue weighted by molar-refractivity contribution is -0.118. The van der Waals surface area contributed by atoms with E-state index < -0.39 is 0 Å². The summed E-state index contributed by atoms with van der Waals surface area (Å²) in [5.74, 6) is 0.00690. The molecule has 2 aliphatic rings. The summed E-state index contributed by atoms with van der Waals surface area (Å²) in [5, 5.41) is 2.91. The highest BCUT2D eigenvalue weighted by Gasteiger charge is 2.18. The maximum Gasteiger partial charge on any atom is 0.253 e. The smallest absolute Gasteiger partial charge is 0.253 e. The summed E-state index contributed by atoms with van der Waals surface area (Å²) < 4.78 is 5.29. The van der Waals surface area contributed by atoms with E-state index in [9.17, 15) is 9.59 Å². The Bertz CT molecular complexity index is 591. The fraction of sp³-hybridized carbons (Fsp3) is 0.579. The summed E-state index contributed by atoms with van der Waals surface area (Å²) in [7, 11) is 0. The van der Waals surface area contributed by atoms with Gasteiger partial charge in [0.2, 0.25) is 5.91 Å². The van der Waals surface area contributed by atoms with Crippen LogP contribution in [0.5, 0.6) is 0 Å². The van der Waals surface area contributed by atoms with Crippen LogP contribution in [0.4, 0.5) is 5.69 Å². The van der Waals surface area contributed by atoms with Crippen LogP contribution < -0.4 is 5.32 Å². The molecule has 0 atom stereocenters. The quantitative estimate of drug-likeness (QED) is 0.906. The Morgan fingerprint density at radius 3 is 2.44 bits per heavy atom. The van der Waals surface area contributed by atoms with E-state index in [0.29, 0.717) is 31.0 Å². The van der Waals surface area contributed by atoms with Crippen LogP contribution in [0.3, 0.4) is 0 Å². The van der Waals surface area contributed by atoms with Crippen molar-refractivity contribution in [2.45, 2.75) is 25.7 Å². The summed E-state index contributed by atoms with van der Waals surface area (Å²) in [6.45, 7) is 4.91. The van der Waals surface area contributed by atoms with Gasteiger partial charge in [0.15, 0.2) is 0 Å². The van der Waals surface area contributed by atoms with Crippen LogP contribution in [0.15, 0.2) is 24.3 Å². The molecule has 0 spiro atoms. The number of amides is 2. The van der Waals surface area contributed by atoms with Crippen LogP contribution in [0.1, 0.15) is 36.0 Å². The lowest BCUT2D eigenvalue weighted by Crippen LogP contribution is -2.41. The largest absolute Gasteiger partial charge is 0.379 e. The number of hydrogen-bond donors (Lipinski definition) is 1. The monoisotopic (exact) mass is 345 g/mol. The molecule has 2 aliphatic heterocycles. The molecule has 0 aromatic heterocycles. The number of anilines is 1. The third kappa shape index (κ3) is 5.28. The van der Waals surface area contributed by atoms with Crippen LogP contribution in [0.25, 0.3) is 0 Å². The maximum atomic E-state index is 12.7. The number of hydrogen-bond acceptors (Lipinski definition) is 4. The second kappa shape index (κ2) is 8.97. The fourth-order valence-electron chi connectivity index (χ4n) is 3.35. The molecule has 0 aliphatic carbocycles. The molecule has 2 saturated heterocycles. The zero-order chi connectivity index (χ0) is 17.5. The van der Waals surface area contributed by atoms with Crippen LogP contribution in [0, 0.1) is 0 Å². The lowest BCUT2D eigenvalue weighted by atomic mass is 10.1. The summed E-state index contributed by atoms with van der Waals surface area (Å²) in [5.41, 5.74) is 1.32. The average molecular weight is 345 g/mol. The van der Waals surface area contributed by atoms with Crippen molar-refractivity contribution < 1.29 is 14.3 Å². The highest BCUT2D eigenvalue weighted by atomic mass is 16.5. The minimum atomic E-state index is -0.0544. The van der Waals surface area contributed by atoms with Gasteiger partial charge >= 0.3 is 0 Å². The molecule has 0 radical (unpaired) electrons. The van der Waals surface area contributed by atoms with Crippen molar-refractivity contribution in [3.63, 3.8) is 0 Å². The molecule has 0 bridgehead atoms. The topological polar surface area (TPSA) is 61.9 Å². The average Bonchev–Trinajstić information content (AvgIpc) is 2.91. The SMILES string of the molecule is O=C(CN1CCOCC1)Nc1cccc(C(=O)N2CCCCCC2)c1. The first-order chi connectivity index (χ1) is 12.2. The van der Waals surface area contributed by atoms with Crippen molar-refractivity contribution in [3.05, 3.63) is 29.8 Å². The van der Waals surface area contributed by atoms with E-state index in [1.807, 2.05) is 23.1 Å². The van der Waals surface area contributed by atoms with Gasteiger partial charge in [0.1, 0.15) is 0 Å². The molecule has 2 fully saturated rings. The third-order valence-electron chi connectivity index (χ3n) is 4.76. The van der Waals surface area contributed by atoms with Crippen LogP contribution >= 0.6 is 0 Å². The zero-order valence-corrected chi connectivity index (χ0v) is 14.7. The Morgan fingerprint density at radius 2 is 1.72 bits per heavy atom. The van der Waals surface area contributed by atoms with Crippen molar-refractivity contribution in [3.8, 4) is 0 Å². The van der Waals surface area contributed by atoms with Crippen LogP contribution in [0.2, 0.25) is 0 Å². The number of likely N-dealkylation sites (tertiary alicyclic amines) is 1. The van der Waals surface area contributed by atoms with Gasteiger partial charge in [-0.1, -0.05) is 18.9 Å². The number of nitrogens with zero attached hydrogens (tertiary/aromatic N) is 2.